The summed E-state index contributed by atoms with van der Waals surface area (Å²) in [7, 11) is 0. The molecule has 9 heavy (non-hydrogen) atoms. The third kappa shape index (κ3) is 1.19. The molecule has 1 aromatic rings. The number of anilines is 1. The number of hydrogen-bond acceptors (Lipinski definition) is 2. The van der Waals surface area contributed by atoms with Crippen LogP contribution in [-0.2, 0) is 6.42 Å². The maximum atomic E-state index is 5.56. The first kappa shape index (κ1) is 6.08. The van der Waals surface area contributed by atoms with Crippen LogP contribution in [0.25, 0.3) is 0 Å². The van der Waals surface area contributed by atoms with E-state index in [1.807, 2.05) is 6.92 Å². The van der Waals surface area contributed by atoms with E-state index in [-0.39, 0.29) is 0 Å². The van der Waals surface area contributed by atoms with E-state index in [1.54, 1.807) is 12.3 Å². The lowest BCUT2D eigenvalue weighted by atomic mass is 10.2. The molecule has 0 aliphatic rings. The van der Waals surface area contributed by atoms with E-state index in [1.165, 1.54) is 0 Å². The average molecular weight is 121 g/mol. The number of nitrogen functional groups attached to an aromatic ring is 1. The maximum absolute atomic E-state index is 5.56. The minimum atomic E-state index is 0.785. The van der Waals surface area contributed by atoms with Gasteiger partial charge in [0.05, 0.1) is 6.20 Å². The Hall–Kier alpha value is -1.05. The van der Waals surface area contributed by atoms with Crippen molar-refractivity contribution in [1.29, 1.82) is 0 Å². The Labute approximate surface area is 54.7 Å². The van der Waals surface area contributed by atoms with E-state index in [0.717, 1.165) is 17.7 Å². The molecule has 0 aromatic carbocycles. The lowest BCUT2D eigenvalue weighted by Gasteiger charge is -1.96. The summed E-state index contributed by atoms with van der Waals surface area (Å²) in [5.41, 5.74) is 7.34. The Morgan fingerprint density at radius 2 is 2.56 bits per heavy atom. The number of aromatic nitrogens is 1. The molecule has 0 aliphatic heterocycles. The van der Waals surface area contributed by atoms with E-state index in [0.29, 0.717) is 0 Å². The zero-order chi connectivity index (χ0) is 6.69. The molecule has 0 atom stereocenters. The van der Waals surface area contributed by atoms with Gasteiger partial charge in [-0.3, -0.25) is 4.98 Å². The number of pyridine rings is 1. The first-order chi connectivity index (χ1) is 4.34. The summed E-state index contributed by atoms with van der Waals surface area (Å²) >= 11 is 0. The molecule has 47 valence electrons. The Morgan fingerprint density at radius 3 is 3.00 bits per heavy atom. The molecule has 0 bridgehead atoms. The molecule has 0 fully saturated rings. The normalized spacial score (nSPS) is 9.44. The van der Waals surface area contributed by atoms with Gasteiger partial charge in [0.1, 0.15) is 0 Å². The second-order valence-electron chi connectivity index (χ2n) is 1.84. The number of aryl methyl sites for hydroxylation is 1. The minimum Gasteiger partial charge on any atom is -0.398 e. The minimum absolute atomic E-state index is 0.785. The molecular formula is C7H9N2. The van der Waals surface area contributed by atoms with E-state index < -0.39 is 0 Å². The number of rotatable bonds is 1. The zero-order valence-electron chi connectivity index (χ0n) is 5.39. The van der Waals surface area contributed by atoms with E-state index in [2.05, 4.69) is 11.2 Å². The summed E-state index contributed by atoms with van der Waals surface area (Å²) in [5.74, 6) is 0. The average Bonchev–Trinajstić information content (AvgIpc) is 1.89. The lowest BCUT2D eigenvalue weighted by molar-refractivity contribution is 1.10. The molecule has 1 rings (SSSR count). The SMILES string of the molecule is CCc1[c]nccc1N. The van der Waals surface area contributed by atoms with E-state index >= 15 is 0 Å². The second kappa shape index (κ2) is 2.49. The van der Waals surface area contributed by atoms with Crippen molar-refractivity contribution >= 4 is 5.69 Å². The molecule has 0 aliphatic carbocycles. The van der Waals surface area contributed by atoms with Gasteiger partial charge in [-0.05, 0) is 12.5 Å². The van der Waals surface area contributed by atoms with Crippen LogP contribution in [0.3, 0.4) is 0 Å². The summed E-state index contributed by atoms with van der Waals surface area (Å²) in [5, 5.41) is 0. The molecule has 2 N–H and O–H groups in total. The molecule has 0 unspecified atom stereocenters. The van der Waals surface area contributed by atoms with Crippen LogP contribution in [0.4, 0.5) is 5.69 Å². The van der Waals surface area contributed by atoms with Crippen LogP contribution in [0.5, 0.6) is 0 Å². The fourth-order valence-electron chi connectivity index (χ4n) is 0.681. The van der Waals surface area contributed by atoms with Crippen LogP contribution < -0.4 is 5.73 Å². The highest BCUT2D eigenvalue weighted by atomic mass is 14.7. The topological polar surface area (TPSA) is 38.9 Å². The van der Waals surface area contributed by atoms with Crippen LogP contribution in [-0.4, -0.2) is 4.98 Å². The van der Waals surface area contributed by atoms with Gasteiger partial charge in [0.2, 0.25) is 0 Å². The molecule has 2 nitrogen and oxygen atoms in total. The van der Waals surface area contributed by atoms with Crippen molar-refractivity contribution in [1.82, 2.24) is 4.98 Å². The van der Waals surface area contributed by atoms with Crippen molar-refractivity contribution in [2.75, 3.05) is 5.73 Å². The third-order valence-electron chi connectivity index (χ3n) is 1.23. The van der Waals surface area contributed by atoms with Crippen molar-refractivity contribution < 1.29 is 0 Å². The second-order valence-corrected chi connectivity index (χ2v) is 1.84. The van der Waals surface area contributed by atoms with Gasteiger partial charge in [0.15, 0.2) is 0 Å². The molecule has 2 heteroatoms. The van der Waals surface area contributed by atoms with Crippen LogP contribution in [0.1, 0.15) is 12.5 Å². The molecule has 0 saturated heterocycles. The zero-order valence-corrected chi connectivity index (χ0v) is 5.39. The van der Waals surface area contributed by atoms with Crippen molar-refractivity contribution in [3.05, 3.63) is 24.0 Å². The van der Waals surface area contributed by atoms with Gasteiger partial charge in [-0.2, -0.15) is 0 Å². The van der Waals surface area contributed by atoms with Gasteiger partial charge in [0, 0.05) is 17.4 Å². The Kier molecular flexibility index (Phi) is 1.68. The molecule has 1 radical (unpaired) electrons. The van der Waals surface area contributed by atoms with Gasteiger partial charge in [-0.1, -0.05) is 6.92 Å². The first-order valence-corrected chi connectivity index (χ1v) is 2.95. The summed E-state index contributed by atoms with van der Waals surface area (Å²) < 4.78 is 0. The number of hydrogen-bond donors (Lipinski definition) is 1. The van der Waals surface area contributed by atoms with Crippen molar-refractivity contribution in [2.24, 2.45) is 0 Å². The Morgan fingerprint density at radius 1 is 1.78 bits per heavy atom. The molecule has 0 saturated carbocycles. The van der Waals surface area contributed by atoms with Crippen LogP contribution in [0.2, 0.25) is 0 Å². The largest absolute Gasteiger partial charge is 0.398 e. The first-order valence-electron chi connectivity index (χ1n) is 2.95. The summed E-state index contributed by atoms with van der Waals surface area (Å²) in [4.78, 5) is 3.81. The molecule has 1 heterocycles. The monoisotopic (exact) mass is 121 g/mol. The van der Waals surface area contributed by atoms with E-state index in [4.69, 9.17) is 5.73 Å². The predicted octanol–water partition coefficient (Wildman–Crippen LogP) is 1.03. The quantitative estimate of drug-likeness (QED) is 0.602. The van der Waals surface area contributed by atoms with Gasteiger partial charge in [-0.25, -0.2) is 0 Å². The van der Waals surface area contributed by atoms with Crippen LogP contribution >= 0.6 is 0 Å². The van der Waals surface area contributed by atoms with Crippen molar-refractivity contribution in [3.8, 4) is 0 Å². The summed E-state index contributed by atoms with van der Waals surface area (Å²) in [6.07, 6.45) is 5.36. The van der Waals surface area contributed by atoms with E-state index in [9.17, 15) is 0 Å². The van der Waals surface area contributed by atoms with Crippen LogP contribution in [0, 0.1) is 6.20 Å². The number of nitrogens with zero attached hydrogens (tertiary/aromatic N) is 1. The van der Waals surface area contributed by atoms with Gasteiger partial charge in [-0.15, -0.1) is 0 Å². The van der Waals surface area contributed by atoms with Gasteiger partial charge < -0.3 is 5.73 Å². The highest BCUT2D eigenvalue weighted by molar-refractivity contribution is 5.43. The lowest BCUT2D eigenvalue weighted by Crippen LogP contribution is -1.92. The highest BCUT2D eigenvalue weighted by Crippen LogP contribution is 2.06. The van der Waals surface area contributed by atoms with Crippen molar-refractivity contribution in [3.63, 3.8) is 0 Å². The highest BCUT2D eigenvalue weighted by Gasteiger charge is 1.92. The van der Waals surface area contributed by atoms with Gasteiger partial charge >= 0.3 is 0 Å². The Balaban J connectivity index is 3.01. The van der Waals surface area contributed by atoms with Crippen LogP contribution in [0.15, 0.2) is 12.3 Å². The summed E-state index contributed by atoms with van der Waals surface area (Å²) in [6.45, 7) is 2.03. The van der Waals surface area contributed by atoms with Crippen molar-refractivity contribution in [2.45, 2.75) is 13.3 Å². The third-order valence-corrected chi connectivity index (χ3v) is 1.23. The standard InChI is InChI=1S/C7H9N2/c1-2-6-5-9-4-3-7(6)8/h3-4H,2H2,1H3,(H2,8,9). The maximum Gasteiger partial charge on any atom is 0.0942 e. The molecule has 0 spiro atoms. The fourth-order valence-corrected chi connectivity index (χ4v) is 0.681. The smallest absolute Gasteiger partial charge is 0.0942 e. The molecule has 1 aromatic heterocycles. The number of nitrogens with two attached hydrogens (primary N) is 1. The summed E-state index contributed by atoms with van der Waals surface area (Å²) in [6, 6.07) is 1.79. The predicted molar refractivity (Wildman–Crippen MR) is 36.9 cm³/mol. The van der Waals surface area contributed by atoms with Gasteiger partial charge in [0.25, 0.3) is 0 Å². The fraction of sp³-hybridized carbons (Fsp3) is 0.286. The molecular weight excluding hydrogens is 112 g/mol. The molecule has 0 amide bonds. The Bertz CT molecular complexity index is 196.